The summed E-state index contributed by atoms with van der Waals surface area (Å²) in [5, 5.41) is 8.75. The number of hydrogen-bond donors (Lipinski definition) is 1. The van der Waals surface area contributed by atoms with E-state index in [4.69, 9.17) is 9.84 Å². The molecule has 0 fully saturated rings. The van der Waals surface area contributed by atoms with Crippen LogP contribution in [0.1, 0.15) is 51.4 Å². The van der Waals surface area contributed by atoms with Gasteiger partial charge in [-0.15, -0.1) is 0 Å². The Balaban J connectivity index is 3.19. The number of ether oxygens (including phenoxy) is 1. The molecule has 2 nitrogen and oxygen atoms in total. The number of halogens is 3. The van der Waals surface area contributed by atoms with Crippen LogP contribution in [0, 0.1) is 0 Å². The van der Waals surface area contributed by atoms with E-state index in [1.165, 1.54) is 0 Å². The van der Waals surface area contributed by atoms with Gasteiger partial charge in [0.2, 0.25) is 0 Å². The Labute approximate surface area is 101 Å². The SMILES string of the molecule is COCCCCCCCCCC(O)C(F)(F)F. The molecular weight excluding hydrogens is 233 g/mol. The minimum absolute atomic E-state index is 0.173. The second-order valence-electron chi connectivity index (χ2n) is 4.31. The second kappa shape index (κ2) is 9.71. The van der Waals surface area contributed by atoms with Crippen molar-refractivity contribution in [2.75, 3.05) is 13.7 Å². The van der Waals surface area contributed by atoms with Crippen LogP contribution in [0.5, 0.6) is 0 Å². The van der Waals surface area contributed by atoms with Crippen LogP contribution in [-0.4, -0.2) is 31.1 Å². The van der Waals surface area contributed by atoms with Gasteiger partial charge in [0, 0.05) is 13.7 Å². The summed E-state index contributed by atoms with van der Waals surface area (Å²) >= 11 is 0. The lowest BCUT2D eigenvalue weighted by Crippen LogP contribution is -2.28. The first kappa shape index (κ1) is 16.7. The summed E-state index contributed by atoms with van der Waals surface area (Å²) in [6, 6.07) is 0. The Morgan fingerprint density at radius 3 is 1.88 bits per heavy atom. The Bertz CT molecular complexity index is 172. The fraction of sp³-hybridized carbons (Fsp3) is 1.00. The summed E-state index contributed by atoms with van der Waals surface area (Å²) < 4.78 is 40.7. The third-order valence-corrected chi connectivity index (χ3v) is 2.70. The molecule has 1 atom stereocenters. The molecule has 0 aliphatic rings. The second-order valence-corrected chi connectivity index (χ2v) is 4.31. The van der Waals surface area contributed by atoms with Gasteiger partial charge in [-0.2, -0.15) is 13.2 Å². The number of alkyl halides is 3. The van der Waals surface area contributed by atoms with Gasteiger partial charge in [0.1, 0.15) is 6.10 Å². The zero-order chi connectivity index (χ0) is 13.1. The quantitative estimate of drug-likeness (QED) is 0.604. The third kappa shape index (κ3) is 10.6. The van der Waals surface area contributed by atoms with Crippen LogP contribution in [0.25, 0.3) is 0 Å². The summed E-state index contributed by atoms with van der Waals surface area (Å²) in [5.74, 6) is 0. The lowest BCUT2D eigenvalue weighted by atomic mass is 10.1. The van der Waals surface area contributed by atoms with Gasteiger partial charge in [0.15, 0.2) is 0 Å². The number of unbranched alkanes of at least 4 members (excludes halogenated alkanes) is 6. The van der Waals surface area contributed by atoms with Crippen molar-refractivity contribution in [1.29, 1.82) is 0 Å². The molecular formula is C12H23F3O2. The molecule has 17 heavy (non-hydrogen) atoms. The van der Waals surface area contributed by atoms with Crippen LogP contribution in [0.3, 0.4) is 0 Å². The maximum Gasteiger partial charge on any atom is 0.414 e. The topological polar surface area (TPSA) is 29.5 Å². The summed E-state index contributed by atoms with van der Waals surface area (Å²) in [7, 11) is 1.67. The minimum Gasteiger partial charge on any atom is -0.385 e. The van der Waals surface area contributed by atoms with E-state index in [2.05, 4.69) is 0 Å². The van der Waals surface area contributed by atoms with Crippen LogP contribution in [0.15, 0.2) is 0 Å². The zero-order valence-electron chi connectivity index (χ0n) is 10.4. The Kier molecular flexibility index (Phi) is 9.55. The Hall–Kier alpha value is -0.290. The van der Waals surface area contributed by atoms with Crippen molar-refractivity contribution in [1.82, 2.24) is 0 Å². The van der Waals surface area contributed by atoms with Crippen LogP contribution >= 0.6 is 0 Å². The van der Waals surface area contributed by atoms with Crippen LogP contribution in [-0.2, 0) is 4.74 Å². The third-order valence-electron chi connectivity index (χ3n) is 2.70. The summed E-state index contributed by atoms with van der Waals surface area (Å²) in [5.41, 5.74) is 0. The number of methoxy groups -OCH3 is 1. The zero-order valence-corrected chi connectivity index (χ0v) is 10.4. The van der Waals surface area contributed by atoms with E-state index in [-0.39, 0.29) is 6.42 Å². The molecule has 0 aromatic carbocycles. The van der Waals surface area contributed by atoms with Gasteiger partial charge in [0.05, 0.1) is 0 Å². The molecule has 0 amide bonds. The highest BCUT2D eigenvalue weighted by molar-refractivity contribution is 4.64. The summed E-state index contributed by atoms with van der Waals surface area (Å²) in [4.78, 5) is 0. The predicted octanol–water partition coefficient (Wildman–Crippen LogP) is 3.68. The molecule has 0 radical (unpaired) electrons. The molecule has 0 aromatic rings. The van der Waals surface area contributed by atoms with Gasteiger partial charge in [-0.25, -0.2) is 0 Å². The van der Waals surface area contributed by atoms with Crippen molar-refractivity contribution in [3.05, 3.63) is 0 Å². The number of aliphatic hydroxyl groups is 1. The number of rotatable bonds is 10. The van der Waals surface area contributed by atoms with Gasteiger partial charge in [-0.1, -0.05) is 38.5 Å². The average Bonchev–Trinajstić information content (AvgIpc) is 2.25. The molecule has 0 spiro atoms. The highest BCUT2D eigenvalue weighted by Crippen LogP contribution is 2.24. The maximum atomic E-state index is 11.9. The van der Waals surface area contributed by atoms with Crippen molar-refractivity contribution < 1.29 is 23.0 Å². The normalized spacial score (nSPS) is 13.9. The van der Waals surface area contributed by atoms with Gasteiger partial charge in [-0.3, -0.25) is 0 Å². The summed E-state index contributed by atoms with van der Waals surface area (Å²) in [6.07, 6.45) is -0.329. The van der Waals surface area contributed by atoms with E-state index in [0.29, 0.717) is 6.42 Å². The highest BCUT2D eigenvalue weighted by atomic mass is 19.4. The average molecular weight is 256 g/mol. The van der Waals surface area contributed by atoms with E-state index in [1.54, 1.807) is 7.11 Å². The molecule has 1 N–H and O–H groups in total. The van der Waals surface area contributed by atoms with E-state index < -0.39 is 12.3 Å². The van der Waals surface area contributed by atoms with Gasteiger partial charge in [0.25, 0.3) is 0 Å². The molecule has 5 heteroatoms. The van der Waals surface area contributed by atoms with E-state index in [0.717, 1.165) is 45.1 Å². The first-order valence-electron chi connectivity index (χ1n) is 6.22. The highest BCUT2D eigenvalue weighted by Gasteiger charge is 2.37. The van der Waals surface area contributed by atoms with Crippen LogP contribution in [0.4, 0.5) is 13.2 Å². The van der Waals surface area contributed by atoms with E-state index in [9.17, 15) is 13.2 Å². The maximum absolute atomic E-state index is 11.9. The standard InChI is InChI=1S/C12H23F3O2/c1-17-10-8-6-4-2-3-5-7-9-11(16)12(13,14)15/h11,16H,2-10H2,1H3. The van der Waals surface area contributed by atoms with Crippen molar-refractivity contribution in [2.45, 2.75) is 63.6 Å². The molecule has 1 unspecified atom stereocenters. The van der Waals surface area contributed by atoms with Gasteiger partial charge in [-0.05, 0) is 12.8 Å². The molecule has 104 valence electrons. The number of hydrogen-bond acceptors (Lipinski definition) is 2. The fourth-order valence-electron chi connectivity index (χ4n) is 1.63. The molecule has 0 rings (SSSR count). The van der Waals surface area contributed by atoms with Crippen molar-refractivity contribution in [3.63, 3.8) is 0 Å². The first-order valence-corrected chi connectivity index (χ1v) is 6.22. The molecule has 0 aromatic heterocycles. The van der Waals surface area contributed by atoms with Crippen molar-refractivity contribution >= 4 is 0 Å². The smallest absolute Gasteiger partial charge is 0.385 e. The monoisotopic (exact) mass is 256 g/mol. The molecule has 0 aliphatic carbocycles. The first-order chi connectivity index (χ1) is 7.98. The molecule has 0 bridgehead atoms. The van der Waals surface area contributed by atoms with Crippen molar-refractivity contribution in [3.8, 4) is 0 Å². The Morgan fingerprint density at radius 1 is 0.941 bits per heavy atom. The summed E-state index contributed by atoms with van der Waals surface area (Å²) in [6.45, 7) is 0.776. The van der Waals surface area contributed by atoms with E-state index >= 15 is 0 Å². The minimum atomic E-state index is -4.46. The lowest BCUT2D eigenvalue weighted by molar-refractivity contribution is -0.205. The molecule has 0 saturated heterocycles. The van der Waals surface area contributed by atoms with Crippen LogP contribution < -0.4 is 0 Å². The lowest BCUT2D eigenvalue weighted by Gasteiger charge is -2.13. The predicted molar refractivity (Wildman–Crippen MR) is 60.9 cm³/mol. The Morgan fingerprint density at radius 2 is 1.41 bits per heavy atom. The molecule has 0 saturated carbocycles. The fourth-order valence-corrected chi connectivity index (χ4v) is 1.63. The van der Waals surface area contributed by atoms with Gasteiger partial charge < -0.3 is 9.84 Å². The van der Waals surface area contributed by atoms with Crippen molar-refractivity contribution in [2.24, 2.45) is 0 Å². The largest absolute Gasteiger partial charge is 0.414 e. The molecule has 0 heterocycles. The van der Waals surface area contributed by atoms with E-state index in [1.807, 2.05) is 0 Å². The van der Waals surface area contributed by atoms with Gasteiger partial charge >= 0.3 is 6.18 Å². The number of aliphatic hydroxyl groups excluding tert-OH is 1. The van der Waals surface area contributed by atoms with Crippen LogP contribution in [0.2, 0.25) is 0 Å². The molecule has 0 aliphatic heterocycles.